The second-order valence-electron chi connectivity index (χ2n) is 5.54. The molecule has 112 valence electrons. The fourth-order valence-corrected chi connectivity index (χ4v) is 3.35. The Kier molecular flexibility index (Phi) is 5.12. The first-order valence-electron chi connectivity index (χ1n) is 7.23. The van der Waals surface area contributed by atoms with Crippen LogP contribution in [0.1, 0.15) is 48.2 Å². The largest absolute Gasteiger partial charge is 0.333 e. The number of nitrogens with two attached hydrogens (primary N) is 1. The van der Waals surface area contributed by atoms with Crippen LogP contribution in [-0.4, -0.2) is 53.4 Å². The van der Waals surface area contributed by atoms with E-state index in [1.807, 2.05) is 17.2 Å². The number of hydrogen-bond donors (Lipinski definition) is 1. The minimum Gasteiger partial charge on any atom is -0.333 e. The van der Waals surface area contributed by atoms with E-state index in [0.717, 1.165) is 37.5 Å². The lowest BCUT2D eigenvalue weighted by molar-refractivity contribution is 0.0670. The lowest BCUT2D eigenvalue weighted by Crippen LogP contribution is -2.43. The molecule has 0 saturated carbocycles. The van der Waals surface area contributed by atoms with Gasteiger partial charge in [-0.15, -0.1) is 11.3 Å². The summed E-state index contributed by atoms with van der Waals surface area (Å²) in [6.45, 7) is 6.82. The third-order valence-corrected chi connectivity index (χ3v) is 4.81. The van der Waals surface area contributed by atoms with Gasteiger partial charge in [0.1, 0.15) is 10.7 Å². The number of likely N-dealkylation sites (N-methyl/N-ethyl adjacent to an activating group) is 1. The van der Waals surface area contributed by atoms with Crippen LogP contribution >= 0.6 is 11.3 Å². The molecule has 2 unspecified atom stereocenters. The normalized spacial score (nSPS) is 22.6. The molecule has 2 atom stereocenters. The second-order valence-corrected chi connectivity index (χ2v) is 6.43. The zero-order chi connectivity index (χ0) is 14.7. The van der Waals surface area contributed by atoms with Gasteiger partial charge in [-0.2, -0.15) is 0 Å². The van der Waals surface area contributed by atoms with E-state index in [4.69, 9.17) is 5.73 Å². The van der Waals surface area contributed by atoms with Gasteiger partial charge in [0, 0.05) is 24.5 Å². The molecule has 1 aromatic heterocycles. The average Bonchev–Trinajstić information content (AvgIpc) is 2.83. The summed E-state index contributed by atoms with van der Waals surface area (Å²) in [6.07, 6.45) is 1.99. The molecular formula is C14H24N4OS. The number of carbonyl (C=O) groups excluding carboxylic acids is 1. The summed E-state index contributed by atoms with van der Waals surface area (Å²) in [5.74, 6) is 0.0512. The molecule has 2 N–H and O–H groups in total. The Labute approximate surface area is 124 Å². The molecule has 2 rings (SSSR count). The van der Waals surface area contributed by atoms with E-state index < -0.39 is 0 Å². The summed E-state index contributed by atoms with van der Waals surface area (Å²) in [5, 5.41) is 2.66. The molecule has 0 bridgehead atoms. The molecule has 1 aromatic rings. The Balaban J connectivity index is 2.16. The molecule has 1 aliphatic rings. The Bertz CT molecular complexity index is 460. The summed E-state index contributed by atoms with van der Waals surface area (Å²) in [6, 6.07) is 0.161. The smallest absolute Gasteiger partial charge is 0.273 e. The highest BCUT2D eigenvalue weighted by molar-refractivity contribution is 7.09. The maximum absolute atomic E-state index is 12.7. The number of carbonyl (C=O) groups is 1. The maximum Gasteiger partial charge on any atom is 0.273 e. The number of thiazole rings is 1. The van der Waals surface area contributed by atoms with Crippen molar-refractivity contribution in [2.75, 3.05) is 26.7 Å². The molecule has 1 amide bonds. The van der Waals surface area contributed by atoms with Crippen LogP contribution in [-0.2, 0) is 0 Å². The summed E-state index contributed by atoms with van der Waals surface area (Å²) >= 11 is 1.47. The highest BCUT2D eigenvalue weighted by Gasteiger charge is 2.28. The topological polar surface area (TPSA) is 62.5 Å². The number of amides is 1. The van der Waals surface area contributed by atoms with Gasteiger partial charge in [-0.25, -0.2) is 4.98 Å². The van der Waals surface area contributed by atoms with E-state index in [-0.39, 0.29) is 18.0 Å². The van der Waals surface area contributed by atoms with Crippen molar-refractivity contribution in [3.8, 4) is 0 Å². The third kappa shape index (κ3) is 3.37. The van der Waals surface area contributed by atoms with Gasteiger partial charge in [-0.3, -0.25) is 4.79 Å². The molecular weight excluding hydrogens is 272 g/mol. The van der Waals surface area contributed by atoms with Crippen molar-refractivity contribution in [1.29, 1.82) is 0 Å². The SMILES string of the molecule is CCC1CN(C)CCCN1C(=O)c1csc(C(C)N)n1. The van der Waals surface area contributed by atoms with Gasteiger partial charge < -0.3 is 15.5 Å². The van der Waals surface area contributed by atoms with Crippen LogP contribution in [0.4, 0.5) is 0 Å². The fourth-order valence-electron chi connectivity index (χ4n) is 2.60. The molecule has 1 saturated heterocycles. The lowest BCUT2D eigenvalue weighted by Gasteiger charge is -2.29. The summed E-state index contributed by atoms with van der Waals surface area (Å²) in [7, 11) is 2.12. The highest BCUT2D eigenvalue weighted by Crippen LogP contribution is 2.20. The van der Waals surface area contributed by atoms with E-state index in [0.29, 0.717) is 5.69 Å². The molecule has 0 aromatic carbocycles. The predicted octanol–water partition coefficient (Wildman–Crippen LogP) is 1.72. The van der Waals surface area contributed by atoms with E-state index in [9.17, 15) is 4.79 Å². The first-order chi connectivity index (χ1) is 9.52. The molecule has 0 radical (unpaired) electrons. The Hall–Kier alpha value is -0.980. The van der Waals surface area contributed by atoms with Crippen molar-refractivity contribution in [2.24, 2.45) is 5.73 Å². The quantitative estimate of drug-likeness (QED) is 0.922. The standard InChI is InChI=1S/C14H24N4OS/c1-4-11-8-17(3)6-5-7-18(11)14(19)12-9-20-13(16-12)10(2)15/h9-11H,4-8,15H2,1-3H3. The van der Waals surface area contributed by atoms with Crippen LogP contribution in [0.5, 0.6) is 0 Å². The Morgan fingerprint density at radius 2 is 2.35 bits per heavy atom. The van der Waals surface area contributed by atoms with Crippen LogP contribution < -0.4 is 5.73 Å². The molecule has 6 heteroatoms. The number of hydrogen-bond acceptors (Lipinski definition) is 5. The molecule has 2 heterocycles. The molecule has 20 heavy (non-hydrogen) atoms. The van der Waals surface area contributed by atoms with Crippen LogP contribution in [0.2, 0.25) is 0 Å². The summed E-state index contributed by atoms with van der Waals surface area (Å²) < 4.78 is 0. The predicted molar refractivity (Wildman–Crippen MR) is 81.9 cm³/mol. The van der Waals surface area contributed by atoms with E-state index in [1.54, 1.807) is 0 Å². The van der Waals surface area contributed by atoms with Gasteiger partial charge in [0.05, 0.1) is 6.04 Å². The first-order valence-corrected chi connectivity index (χ1v) is 8.11. The summed E-state index contributed by atoms with van der Waals surface area (Å²) in [5.41, 5.74) is 6.37. The van der Waals surface area contributed by atoms with Crippen molar-refractivity contribution >= 4 is 17.2 Å². The van der Waals surface area contributed by atoms with E-state index >= 15 is 0 Å². The highest BCUT2D eigenvalue weighted by atomic mass is 32.1. The minimum atomic E-state index is -0.112. The van der Waals surface area contributed by atoms with Gasteiger partial charge in [-0.1, -0.05) is 6.92 Å². The monoisotopic (exact) mass is 296 g/mol. The minimum absolute atomic E-state index is 0.0512. The first kappa shape index (κ1) is 15.4. The van der Waals surface area contributed by atoms with Crippen molar-refractivity contribution in [2.45, 2.75) is 38.8 Å². The fraction of sp³-hybridized carbons (Fsp3) is 0.714. The van der Waals surface area contributed by atoms with Crippen LogP contribution in [0, 0.1) is 0 Å². The average molecular weight is 296 g/mol. The van der Waals surface area contributed by atoms with Crippen molar-refractivity contribution in [1.82, 2.24) is 14.8 Å². The molecule has 5 nitrogen and oxygen atoms in total. The van der Waals surface area contributed by atoms with Gasteiger partial charge >= 0.3 is 0 Å². The number of rotatable bonds is 3. The Morgan fingerprint density at radius 1 is 1.60 bits per heavy atom. The van der Waals surface area contributed by atoms with Crippen LogP contribution in [0.3, 0.4) is 0 Å². The Morgan fingerprint density at radius 3 is 2.95 bits per heavy atom. The van der Waals surface area contributed by atoms with Crippen LogP contribution in [0.25, 0.3) is 0 Å². The second kappa shape index (κ2) is 6.65. The molecule has 0 spiro atoms. The zero-order valence-corrected chi connectivity index (χ0v) is 13.3. The van der Waals surface area contributed by atoms with Gasteiger partial charge in [0.25, 0.3) is 5.91 Å². The van der Waals surface area contributed by atoms with E-state index in [2.05, 4.69) is 23.9 Å². The van der Waals surface area contributed by atoms with E-state index in [1.165, 1.54) is 11.3 Å². The number of aromatic nitrogens is 1. The van der Waals surface area contributed by atoms with Crippen molar-refractivity contribution < 1.29 is 4.79 Å². The van der Waals surface area contributed by atoms with Gasteiger partial charge in [0.15, 0.2) is 0 Å². The zero-order valence-electron chi connectivity index (χ0n) is 12.5. The third-order valence-electron chi connectivity index (χ3n) is 3.76. The lowest BCUT2D eigenvalue weighted by atomic mass is 10.1. The van der Waals surface area contributed by atoms with Crippen LogP contribution in [0.15, 0.2) is 5.38 Å². The molecule has 1 fully saturated rings. The summed E-state index contributed by atoms with van der Waals surface area (Å²) in [4.78, 5) is 21.4. The van der Waals surface area contributed by atoms with Crippen molar-refractivity contribution in [3.63, 3.8) is 0 Å². The van der Waals surface area contributed by atoms with Crippen molar-refractivity contribution in [3.05, 3.63) is 16.1 Å². The van der Waals surface area contributed by atoms with Gasteiger partial charge in [-0.05, 0) is 33.4 Å². The molecule has 0 aliphatic carbocycles. The number of nitrogens with zero attached hydrogens (tertiary/aromatic N) is 3. The molecule has 1 aliphatic heterocycles. The van der Waals surface area contributed by atoms with Gasteiger partial charge in [0.2, 0.25) is 0 Å². The maximum atomic E-state index is 12.7.